The molecule has 1 aromatic carbocycles. The number of fused-ring (bicyclic) bond motifs is 1. The zero-order valence-corrected chi connectivity index (χ0v) is 10.3. The third-order valence-corrected chi connectivity index (χ3v) is 2.30. The molecule has 2 aromatic rings. The van der Waals surface area contributed by atoms with Crippen molar-refractivity contribution in [2.45, 2.75) is 26.3 Å². The molecule has 1 aromatic heterocycles. The third kappa shape index (κ3) is 2.81. The van der Waals surface area contributed by atoms with Crippen molar-refractivity contribution in [1.82, 2.24) is 4.98 Å². The Labute approximate surface area is 101 Å². The summed E-state index contributed by atoms with van der Waals surface area (Å²) >= 11 is 0. The highest BCUT2D eigenvalue weighted by molar-refractivity contribution is 5.88. The van der Waals surface area contributed by atoms with Crippen molar-refractivity contribution >= 4 is 17.1 Å². The maximum Gasteiger partial charge on any atom is 0.141 e. The van der Waals surface area contributed by atoms with E-state index in [-0.39, 0.29) is 11.3 Å². The molecule has 1 N–H and O–H groups in total. The Bertz CT molecular complexity index is 568. The maximum atomic E-state index is 9.72. The predicted molar refractivity (Wildman–Crippen MR) is 70.8 cm³/mol. The van der Waals surface area contributed by atoms with Gasteiger partial charge < -0.3 is 5.11 Å². The van der Waals surface area contributed by atoms with Crippen LogP contribution in [0, 0.1) is 0 Å². The monoisotopic (exact) mass is 228 g/mol. The minimum atomic E-state index is -0.116. The van der Waals surface area contributed by atoms with E-state index in [1.165, 1.54) is 0 Å². The average Bonchev–Trinajstić information content (AvgIpc) is 2.26. The van der Waals surface area contributed by atoms with Crippen molar-refractivity contribution in [2.24, 2.45) is 4.99 Å². The van der Waals surface area contributed by atoms with Crippen LogP contribution in [0.2, 0.25) is 0 Å². The first-order chi connectivity index (χ1) is 7.96. The van der Waals surface area contributed by atoms with Gasteiger partial charge in [-0.05, 0) is 32.9 Å². The van der Waals surface area contributed by atoms with E-state index in [0.717, 1.165) is 11.1 Å². The van der Waals surface area contributed by atoms with Gasteiger partial charge in [0.2, 0.25) is 0 Å². The van der Waals surface area contributed by atoms with Gasteiger partial charge in [-0.1, -0.05) is 18.2 Å². The largest absolute Gasteiger partial charge is 0.506 e. The minimum absolute atomic E-state index is 0.116. The summed E-state index contributed by atoms with van der Waals surface area (Å²) in [5.41, 5.74) is 1.26. The molecule has 2 rings (SSSR count). The number of aliphatic imine (C=N–C) groups is 1. The fourth-order valence-corrected chi connectivity index (χ4v) is 1.48. The average molecular weight is 228 g/mol. The van der Waals surface area contributed by atoms with Crippen LogP contribution in [-0.2, 0) is 0 Å². The first-order valence-corrected chi connectivity index (χ1v) is 5.60. The van der Waals surface area contributed by atoms with Crippen LogP contribution >= 0.6 is 0 Å². The Morgan fingerprint density at radius 1 is 1.18 bits per heavy atom. The zero-order chi connectivity index (χ0) is 12.5. The van der Waals surface area contributed by atoms with Crippen LogP contribution in [0.3, 0.4) is 0 Å². The summed E-state index contributed by atoms with van der Waals surface area (Å²) < 4.78 is 0. The Balaban J connectivity index is 2.45. The molecular weight excluding hydrogens is 212 g/mol. The van der Waals surface area contributed by atoms with Crippen LogP contribution in [0.25, 0.3) is 10.9 Å². The predicted octanol–water partition coefficient (Wildman–Crippen LogP) is 3.16. The van der Waals surface area contributed by atoms with Gasteiger partial charge in [0.15, 0.2) is 0 Å². The topological polar surface area (TPSA) is 45.5 Å². The lowest BCUT2D eigenvalue weighted by Crippen LogP contribution is -2.09. The fraction of sp³-hybridized carbons (Fsp3) is 0.286. The van der Waals surface area contributed by atoms with E-state index in [2.05, 4.69) is 9.98 Å². The van der Waals surface area contributed by atoms with Crippen molar-refractivity contribution in [1.29, 1.82) is 0 Å². The summed E-state index contributed by atoms with van der Waals surface area (Å²) in [4.78, 5) is 8.77. The van der Waals surface area contributed by atoms with Gasteiger partial charge in [0.05, 0.1) is 11.2 Å². The van der Waals surface area contributed by atoms with Crippen molar-refractivity contribution in [3.05, 3.63) is 36.0 Å². The Morgan fingerprint density at radius 2 is 1.94 bits per heavy atom. The number of hydrogen-bond donors (Lipinski definition) is 1. The number of phenols is 1. The van der Waals surface area contributed by atoms with Crippen molar-refractivity contribution in [3.8, 4) is 5.75 Å². The van der Waals surface area contributed by atoms with Crippen LogP contribution in [0.4, 0.5) is 0 Å². The number of aromatic hydroxyl groups is 1. The molecular formula is C14H16N2O. The molecule has 3 nitrogen and oxygen atoms in total. The standard InChI is InChI=1S/C14H16N2O/c1-14(2,3)15-9-11-8-7-10-5-4-6-12(17)13(10)16-11/h4-9,17H,1-3H3. The Kier molecular flexibility index (Phi) is 2.84. The summed E-state index contributed by atoms with van der Waals surface area (Å²) in [5, 5.41) is 10.6. The van der Waals surface area contributed by atoms with E-state index in [9.17, 15) is 5.11 Å². The van der Waals surface area contributed by atoms with Gasteiger partial charge in [-0.2, -0.15) is 0 Å². The van der Waals surface area contributed by atoms with E-state index < -0.39 is 0 Å². The molecule has 88 valence electrons. The lowest BCUT2D eigenvalue weighted by atomic mass is 10.1. The highest BCUT2D eigenvalue weighted by Crippen LogP contribution is 2.22. The third-order valence-electron chi connectivity index (χ3n) is 2.30. The molecule has 0 saturated carbocycles. The Hall–Kier alpha value is -1.90. The molecule has 0 spiro atoms. The fourth-order valence-electron chi connectivity index (χ4n) is 1.48. The van der Waals surface area contributed by atoms with Crippen LogP contribution < -0.4 is 0 Å². The van der Waals surface area contributed by atoms with E-state index in [0.29, 0.717) is 5.52 Å². The molecule has 17 heavy (non-hydrogen) atoms. The summed E-state index contributed by atoms with van der Waals surface area (Å²) in [5.74, 6) is 0.202. The first kappa shape index (κ1) is 11.6. The number of para-hydroxylation sites is 1. The van der Waals surface area contributed by atoms with Gasteiger partial charge >= 0.3 is 0 Å². The maximum absolute atomic E-state index is 9.72. The molecule has 0 aliphatic carbocycles. The molecule has 0 amide bonds. The van der Waals surface area contributed by atoms with Gasteiger partial charge in [-0.25, -0.2) is 4.98 Å². The molecule has 3 heteroatoms. The summed E-state index contributed by atoms with van der Waals surface area (Å²) in [6.45, 7) is 6.09. The summed E-state index contributed by atoms with van der Waals surface area (Å²) in [7, 11) is 0. The van der Waals surface area contributed by atoms with Gasteiger partial charge in [-0.3, -0.25) is 4.99 Å². The molecule has 0 saturated heterocycles. The van der Waals surface area contributed by atoms with Crippen molar-refractivity contribution in [3.63, 3.8) is 0 Å². The summed E-state index contributed by atoms with van der Waals surface area (Å²) in [6, 6.07) is 9.21. The molecule has 1 heterocycles. The number of nitrogens with zero attached hydrogens (tertiary/aromatic N) is 2. The number of benzene rings is 1. The molecule has 0 radical (unpaired) electrons. The second-order valence-electron chi connectivity index (χ2n) is 5.01. The first-order valence-electron chi connectivity index (χ1n) is 5.60. The number of aromatic nitrogens is 1. The molecule has 0 aliphatic rings. The summed E-state index contributed by atoms with van der Waals surface area (Å²) in [6.07, 6.45) is 1.74. The highest BCUT2D eigenvalue weighted by atomic mass is 16.3. The van der Waals surface area contributed by atoms with Gasteiger partial charge in [0, 0.05) is 11.6 Å². The number of pyridine rings is 1. The van der Waals surface area contributed by atoms with Gasteiger partial charge in [0.25, 0.3) is 0 Å². The quantitative estimate of drug-likeness (QED) is 0.762. The molecule has 0 aliphatic heterocycles. The van der Waals surface area contributed by atoms with Gasteiger partial charge in [-0.15, -0.1) is 0 Å². The van der Waals surface area contributed by atoms with Crippen molar-refractivity contribution < 1.29 is 5.11 Å². The van der Waals surface area contributed by atoms with Crippen LogP contribution in [0.1, 0.15) is 26.5 Å². The van der Waals surface area contributed by atoms with Crippen LogP contribution in [-0.4, -0.2) is 21.8 Å². The van der Waals surface area contributed by atoms with E-state index in [4.69, 9.17) is 0 Å². The number of hydrogen-bond acceptors (Lipinski definition) is 3. The molecule has 0 atom stereocenters. The lowest BCUT2D eigenvalue weighted by molar-refractivity contribution is 0.480. The second kappa shape index (κ2) is 4.17. The number of phenolic OH excluding ortho intramolecular Hbond substituents is 1. The second-order valence-corrected chi connectivity index (χ2v) is 5.01. The van der Waals surface area contributed by atoms with Crippen molar-refractivity contribution in [2.75, 3.05) is 0 Å². The smallest absolute Gasteiger partial charge is 0.141 e. The lowest BCUT2D eigenvalue weighted by Gasteiger charge is -2.10. The zero-order valence-electron chi connectivity index (χ0n) is 10.3. The SMILES string of the molecule is CC(C)(C)N=Cc1ccc2cccc(O)c2n1. The van der Waals surface area contributed by atoms with Crippen LogP contribution in [0.15, 0.2) is 35.3 Å². The van der Waals surface area contributed by atoms with E-state index in [1.807, 2.05) is 45.0 Å². The van der Waals surface area contributed by atoms with E-state index in [1.54, 1.807) is 12.3 Å². The minimum Gasteiger partial charge on any atom is -0.506 e. The Morgan fingerprint density at radius 3 is 2.65 bits per heavy atom. The van der Waals surface area contributed by atoms with E-state index >= 15 is 0 Å². The normalized spacial score (nSPS) is 12.4. The molecule has 0 bridgehead atoms. The van der Waals surface area contributed by atoms with Gasteiger partial charge in [0.1, 0.15) is 11.3 Å². The molecule has 0 unspecified atom stereocenters. The number of rotatable bonds is 1. The highest BCUT2D eigenvalue weighted by Gasteiger charge is 2.06. The van der Waals surface area contributed by atoms with Crippen LogP contribution in [0.5, 0.6) is 5.75 Å². The molecule has 0 fully saturated rings.